The molecule has 0 unspecified atom stereocenters. The standard InChI is InChI=1S/C11H13ClN2O2/c1-13-11(16)8-2-4-9(5-3-8)14-10(15)6-7-12/h2-5H,6-7H2,1H3,(H,13,16)(H,14,15). The lowest BCUT2D eigenvalue weighted by molar-refractivity contribution is -0.115. The molecule has 0 aliphatic rings. The van der Waals surface area contributed by atoms with Crippen molar-refractivity contribution in [2.24, 2.45) is 0 Å². The number of carbonyl (C=O) groups is 2. The van der Waals surface area contributed by atoms with E-state index in [4.69, 9.17) is 11.6 Å². The van der Waals surface area contributed by atoms with Crippen LogP contribution in [0.25, 0.3) is 0 Å². The summed E-state index contributed by atoms with van der Waals surface area (Å²) in [5.41, 5.74) is 1.21. The van der Waals surface area contributed by atoms with Crippen LogP contribution in [0.1, 0.15) is 16.8 Å². The molecule has 0 aliphatic carbocycles. The fourth-order valence-corrected chi connectivity index (χ4v) is 1.33. The first kappa shape index (κ1) is 12.5. The SMILES string of the molecule is CNC(=O)c1ccc(NC(=O)CCCl)cc1. The number of alkyl halides is 1. The summed E-state index contributed by atoms with van der Waals surface area (Å²) < 4.78 is 0. The molecule has 0 saturated heterocycles. The maximum absolute atomic E-state index is 11.2. The van der Waals surface area contributed by atoms with Crippen molar-refractivity contribution >= 4 is 29.1 Å². The number of benzene rings is 1. The van der Waals surface area contributed by atoms with E-state index in [1.807, 2.05) is 0 Å². The maximum Gasteiger partial charge on any atom is 0.251 e. The van der Waals surface area contributed by atoms with Crippen LogP contribution in [0.3, 0.4) is 0 Å². The van der Waals surface area contributed by atoms with Crippen molar-refractivity contribution in [3.8, 4) is 0 Å². The third-order valence-electron chi connectivity index (χ3n) is 1.98. The van der Waals surface area contributed by atoms with Gasteiger partial charge in [-0.2, -0.15) is 0 Å². The third kappa shape index (κ3) is 3.55. The lowest BCUT2D eigenvalue weighted by Gasteiger charge is -2.05. The van der Waals surface area contributed by atoms with Gasteiger partial charge in [0.2, 0.25) is 5.91 Å². The lowest BCUT2D eigenvalue weighted by Crippen LogP contribution is -2.17. The van der Waals surface area contributed by atoms with E-state index in [9.17, 15) is 9.59 Å². The largest absolute Gasteiger partial charge is 0.355 e. The summed E-state index contributed by atoms with van der Waals surface area (Å²) in [4.78, 5) is 22.4. The zero-order valence-corrected chi connectivity index (χ0v) is 9.67. The van der Waals surface area contributed by atoms with Crippen LogP contribution in [0, 0.1) is 0 Å². The summed E-state index contributed by atoms with van der Waals surface area (Å²) in [6.45, 7) is 0. The van der Waals surface area contributed by atoms with Crippen molar-refractivity contribution < 1.29 is 9.59 Å². The minimum atomic E-state index is -0.154. The van der Waals surface area contributed by atoms with Crippen LogP contribution < -0.4 is 10.6 Å². The number of nitrogens with one attached hydrogen (secondary N) is 2. The molecular weight excluding hydrogens is 228 g/mol. The number of halogens is 1. The van der Waals surface area contributed by atoms with Crippen LogP contribution in [-0.2, 0) is 4.79 Å². The van der Waals surface area contributed by atoms with Crippen LogP contribution in [0.15, 0.2) is 24.3 Å². The van der Waals surface area contributed by atoms with E-state index in [-0.39, 0.29) is 18.2 Å². The number of carbonyl (C=O) groups excluding carboxylic acids is 2. The molecule has 0 atom stereocenters. The molecule has 0 saturated carbocycles. The zero-order valence-electron chi connectivity index (χ0n) is 8.92. The highest BCUT2D eigenvalue weighted by atomic mass is 35.5. The van der Waals surface area contributed by atoms with Gasteiger partial charge in [0.05, 0.1) is 0 Å². The van der Waals surface area contributed by atoms with Crippen LogP contribution in [0.4, 0.5) is 5.69 Å². The van der Waals surface area contributed by atoms with Gasteiger partial charge in [0.25, 0.3) is 5.91 Å². The second-order valence-corrected chi connectivity index (χ2v) is 3.52. The Labute approximate surface area is 99.0 Å². The van der Waals surface area contributed by atoms with Crippen LogP contribution in [-0.4, -0.2) is 24.7 Å². The number of hydrogen-bond donors (Lipinski definition) is 2. The molecule has 2 N–H and O–H groups in total. The van der Waals surface area contributed by atoms with E-state index in [0.717, 1.165) is 0 Å². The molecule has 1 rings (SSSR count). The van der Waals surface area contributed by atoms with Gasteiger partial charge in [0.1, 0.15) is 0 Å². The van der Waals surface area contributed by atoms with Gasteiger partial charge in [0.15, 0.2) is 0 Å². The first-order valence-corrected chi connectivity index (χ1v) is 5.38. The van der Waals surface area contributed by atoms with Crippen molar-refractivity contribution in [1.82, 2.24) is 5.32 Å². The molecule has 5 heteroatoms. The highest BCUT2D eigenvalue weighted by Gasteiger charge is 2.04. The highest BCUT2D eigenvalue weighted by Crippen LogP contribution is 2.09. The number of hydrogen-bond acceptors (Lipinski definition) is 2. The van der Waals surface area contributed by atoms with Crippen molar-refractivity contribution in [3.05, 3.63) is 29.8 Å². The van der Waals surface area contributed by atoms with E-state index < -0.39 is 0 Å². The zero-order chi connectivity index (χ0) is 12.0. The Hall–Kier alpha value is -1.55. The quantitative estimate of drug-likeness (QED) is 0.786. The van der Waals surface area contributed by atoms with Crippen molar-refractivity contribution in [1.29, 1.82) is 0 Å². The van der Waals surface area contributed by atoms with Crippen LogP contribution >= 0.6 is 11.6 Å². The highest BCUT2D eigenvalue weighted by molar-refractivity contribution is 6.19. The summed E-state index contributed by atoms with van der Waals surface area (Å²) in [5.74, 6) is 0.00337. The first-order valence-electron chi connectivity index (χ1n) is 4.85. The molecule has 0 radical (unpaired) electrons. The molecule has 1 aromatic carbocycles. The molecule has 0 aromatic heterocycles. The van der Waals surface area contributed by atoms with E-state index in [1.54, 1.807) is 31.3 Å². The topological polar surface area (TPSA) is 58.2 Å². The molecule has 0 spiro atoms. The normalized spacial score (nSPS) is 9.62. The molecule has 4 nitrogen and oxygen atoms in total. The fourth-order valence-electron chi connectivity index (χ4n) is 1.16. The molecule has 86 valence electrons. The third-order valence-corrected chi connectivity index (χ3v) is 2.17. The van der Waals surface area contributed by atoms with Crippen molar-refractivity contribution in [2.75, 3.05) is 18.2 Å². The van der Waals surface area contributed by atoms with E-state index in [0.29, 0.717) is 17.1 Å². The predicted molar refractivity (Wildman–Crippen MR) is 63.8 cm³/mol. The summed E-state index contributed by atoms with van der Waals surface area (Å²) in [6, 6.07) is 6.65. The molecule has 0 heterocycles. The number of amides is 2. The Balaban J connectivity index is 2.64. The Morgan fingerprint density at radius 1 is 1.25 bits per heavy atom. The second kappa shape index (κ2) is 6.12. The number of anilines is 1. The lowest BCUT2D eigenvalue weighted by atomic mass is 10.2. The minimum Gasteiger partial charge on any atom is -0.355 e. The van der Waals surface area contributed by atoms with Gasteiger partial charge in [-0.25, -0.2) is 0 Å². The van der Waals surface area contributed by atoms with Gasteiger partial charge in [-0.3, -0.25) is 9.59 Å². The summed E-state index contributed by atoms with van der Waals surface area (Å²) in [6.07, 6.45) is 0.277. The minimum absolute atomic E-state index is 0.136. The molecule has 0 fully saturated rings. The Morgan fingerprint density at radius 3 is 2.38 bits per heavy atom. The monoisotopic (exact) mass is 240 g/mol. The second-order valence-electron chi connectivity index (χ2n) is 3.14. The maximum atomic E-state index is 11.2. The van der Waals surface area contributed by atoms with Gasteiger partial charge < -0.3 is 10.6 Å². The van der Waals surface area contributed by atoms with Crippen molar-refractivity contribution in [2.45, 2.75) is 6.42 Å². The van der Waals surface area contributed by atoms with Crippen LogP contribution in [0.2, 0.25) is 0 Å². The van der Waals surface area contributed by atoms with Crippen LogP contribution in [0.5, 0.6) is 0 Å². The summed E-state index contributed by atoms with van der Waals surface area (Å²) >= 11 is 5.43. The van der Waals surface area contributed by atoms with E-state index in [1.165, 1.54) is 0 Å². The fraction of sp³-hybridized carbons (Fsp3) is 0.273. The van der Waals surface area contributed by atoms with Gasteiger partial charge in [0, 0.05) is 30.6 Å². The smallest absolute Gasteiger partial charge is 0.251 e. The Bertz CT molecular complexity index is 376. The molecule has 2 amide bonds. The van der Waals surface area contributed by atoms with Crippen molar-refractivity contribution in [3.63, 3.8) is 0 Å². The van der Waals surface area contributed by atoms with E-state index >= 15 is 0 Å². The van der Waals surface area contributed by atoms with Gasteiger partial charge >= 0.3 is 0 Å². The summed E-state index contributed by atoms with van der Waals surface area (Å²) in [7, 11) is 1.57. The van der Waals surface area contributed by atoms with Gasteiger partial charge in [-0.05, 0) is 24.3 Å². The molecule has 0 bridgehead atoms. The molecule has 1 aromatic rings. The van der Waals surface area contributed by atoms with E-state index in [2.05, 4.69) is 10.6 Å². The first-order chi connectivity index (χ1) is 7.67. The average Bonchev–Trinajstić information content (AvgIpc) is 2.29. The van der Waals surface area contributed by atoms with Gasteiger partial charge in [-0.15, -0.1) is 11.6 Å². The predicted octanol–water partition coefficient (Wildman–Crippen LogP) is 1.61. The number of rotatable bonds is 4. The Morgan fingerprint density at radius 2 is 1.88 bits per heavy atom. The summed E-state index contributed by atoms with van der Waals surface area (Å²) in [5, 5.41) is 5.19. The Kier molecular flexibility index (Phi) is 4.79. The van der Waals surface area contributed by atoms with Gasteiger partial charge in [-0.1, -0.05) is 0 Å². The molecule has 0 aliphatic heterocycles. The molecule has 16 heavy (non-hydrogen) atoms. The molecular formula is C11H13ClN2O2. The average molecular weight is 241 g/mol.